The van der Waals surface area contributed by atoms with Gasteiger partial charge >= 0.3 is 0 Å². The maximum atomic E-state index is 12.9. The minimum absolute atomic E-state index is 0.0168. The van der Waals surface area contributed by atoms with Crippen LogP contribution in [0.2, 0.25) is 0 Å². The van der Waals surface area contributed by atoms with Gasteiger partial charge in [0, 0.05) is 31.4 Å². The Bertz CT molecular complexity index is 886. The Morgan fingerprint density at radius 1 is 1.10 bits per heavy atom. The minimum atomic E-state index is 0.0168. The fourth-order valence-corrected chi connectivity index (χ4v) is 6.00. The Morgan fingerprint density at radius 3 is 2.45 bits per heavy atom. The summed E-state index contributed by atoms with van der Waals surface area (Å²) in [5, 5.41) is 9.11. The van der Waals surface area contributed by atoms with Crippen LogP contribution in [0.1, 0.15) is 79.2 Å². The van der Waals surface area contributed by atoms with E-state index in [0.29, 0.717) is 6.04 Å². The van der Waals surface area contributed by atoms with Crippen molar-refractivity contribution >= 4 is 33.4 Å². The zero-order chi connectivity index (χ0) is 20.5. The Labute approximate surface area is 176 Å². The molecule has 0 bridgehead atoms. The second-order valence-corrected chi connectivity index (χ2v) is 9.94. The predicted molar refractivity (Wildman–Crippen MR) is 116 cm³/mol. The third-order valence-corrected chi connectivity index (χ3v) is 7.69. The van der Waals surface area contributed by atoms with Gasteiger partial charge in [-0.3, -0.25) is 14.3 Å². The Kier molecular flexibility index (Phi) is 5.95. The first kappa shape index (κ1) is 20.4. The molecule has 0 atom stereocenters. The normalized spacial score (nSPS) is 23.3. The van der Waals surface area contributed by atoms with Gasteiger partial charge in [-0.25, -0.2) is 0 Å². The van der Waals surface area contributed by atoms with Gasteiger partial charge in [0.1, 0.15) is 4.83 Å². The van der Waals surface area contributed by atoms with E-state index in [1.165, 1.54) is 32.1 Å². The minimum Gasteiger partial charge on any atom is -0.349 e. The number of nitrogens with zero attached hydrogens (tertiary/aromatic N) is 3. The molecule has 0 unspecified atom stereocenters. The lowest BCUT2D eigenvalue weighted by atomic mass is 9.85. The number of aryl methyl sites for hydroxylation is 1. The van der Waals surface area contributed by atoms with Gasteiger partial charge < -0.3 is 10.2 Å². The highest BCUT2D eigenvalue weighted by Crippen LogP contribution is 2.35. The highest BCUT2D eigenvalue weighted by atomic mass is 32.1. The number of fused-ring (bicyclic) bond motifs is 1. The summed E-state index contributed by atoms with van der Waals surface area (Å²) in [7, 11) is 3.63. The first-order chi connectivity index (χ1) is 13.9. The van der Waals surface area contributed by atoms with E-state index in [2.05, 4.69) is 10.00 Å². The van der Waals surface area contributed by atoms with Gasteiger partial charge in [0.25, 0.3) is 5.91 Å². The van der Waals surface area contributed by atoms with Crippen molar-refractivity contribution < 1.29 is 9.59 Å². The zero-order valence-electron chi connectivity index (χ0n) is 17.7. The van der Waals surface area contributed by atoms with E-state index in [9.17, 15) is 9.59 Å². The highest BCUT2D eigenvalue weighted by molar-refractivity contribution is 7.20. The SMILES string of the molecule is Cc1nn(C2CCCCC2)c2sc(C(=O)NC3CCC(C(=O)N(C)C)CC3)cc12. The average Bonchev–Trinajstić information content (AvgIpc) is 3.29. The second kappa shape index (κ2) is 8.46. The molecular weight excluding hydrogens is 384 g/mol. The molecule has 7 heteroatoms. The largest absolute Gasteiger partial charge is 0.349 e. The first-order valence-electron chi connectivity index (χ1n) is 10.9. The fraction of sp³-hybridized carbons (Fsp3) is 0.682. The monoisotopic (exact) mass is 416 g/mol. The third kappa shape index (κ3) is 4.20. The highest BCUT2D eigenvalue weighted by Gasteiger charge is 2.29. The summed E-state index contributed by atoms with van der Waals surface area (Å²) in [6, 6.07) is 2.65. The molecule has 2 aromatic heterocycles. The Morgan fingerprint density at radius 2 is 1.79 bits per heavy atom. The van der Waals surface area contributed by atoms with Crippen LogP contribution in [-0.4, -0.2) is 46.6 Å². The molecule has 2 amide bonds. The lowest BCUT2D eigenvalue weighted by molar-refractivity contribution is -0.134. The van der Waals surface area contributed by atoms with Crippen molar-refractivity contribution in [2.45, 2.75) is 76.8 Å². The maximum Gasteiger partial charge on any atom is 0.261 e. The molecule has 6 nitrogen and oxygen atoms in total. The van der Waals surface area contributed by atoms with Gasteiger partial charge in [0.05, 0.1) is 16.6 Å². The average molecular weight is 417 g/mol. The van der Waals surface area contributed by atoms with Crippen LogP contribution in [0.15, 0.2) is 6.07 Å². The van der Waals surface area contributed by atoms with Crippen LogP contribution in [-0.2, 0) is 4.79 Å². The molecule has 2 saturated carbocycles. The summed E-state index contributed by atoms with van der Waals surface area (Å²) in [5.74, 6) is 0.330. The molecule has 2 aliphatic carbocycles. The number of hydrogen-bond acceptors (Lipinski definition) is 4. The number of carbonyl (C=O) groups is 2. The number of amides is 2. The second-order valence-electron chi connectivity index (χ2n) is 8.91. The van der Waals surface area contributed by atoms with E-state index in [1.54, 1.807) is 16.2 Å². The fourth-order valence-electron chi connectivity index (χ4n) is 4.86. The molecule has 2 fully saturated rings. The van der Waals surface area contributed by atoms with Gasteiger partial charge in [-0.05, 0) is 51.5 Å². The topological polar surface area (TPSA) is 67.2 Å². The van der Waals surface area contributed by atoms with Crippen LogP contribution in [0.5, 0.6) is 0 Å². The summed E-state index contributed by atoms with van der Waals surface area (Å²) in [6.45, 7) is 2.04. The number of thiophene rings is 1. The molecule has 1 N–H and O–H groups in total. The summed E-state index contributed by atoms with van der Waals surface area (Å²) in [5.41, 5.74) is 1.02. The summed E-state index contributed by atoms with van der Waals surface area (Å²) >= 11 is 1.57. The Hall–Kier alpha value is -1.89. The molecule has 158 valence electrons. The van der Waals surface area contributed by atoms with E-state index in [-0.39, 0.29) is 23.8 Å². The van der Waals surface area contributed by atoms with E-state index < -0.39 is 0 Å². The Balaban J connectivity index is 1.42. The number of hydrogen-bond donors (Lipinski definition) is 1. The van der Waals surface area contributed by atoms with Crippen molar-refractivity contribution in [3.05, 3.63) is 16.6 Å². The van der Waals surface area contributed by atoms with Crippen LogP contribution in [0, 0.1) is 12.8 Å². The maximum absolute atomic E-state index is 12.9. The van der Waals surface area contributed by atoms with Crippen LogP contribution in [0.4, 0.5) is 0 Å². The summed E-state index contributed by atoms with van der Waals surface area (Å²) < 4.78 is 2.18. The van der Waals surface area contributed by atoms with E-state index in [1.807, 2.05) is 27.1 Å². The van der Waals surface area contributed by atoms with Crippen molar-refractivity contribution in [1.29, 1.82) is 0 Å². The summed E-state index contributed by atoms with van der Waals surface area (Å²) in [4.78, 5) is 28.6. The number of carbonyl (C=O) groups excluding carboxylic acids is 2. The molecule has 2 aromatic rings. The van der Waals surface area contributed by atoms with Crippen molar-refractivity contribution in [2.75, 3.05) is 14.1 Å². The molecule has 29 heavy (non-hydrogen) atoms. The molecule has 4 rings (SSSR count). The van der Waals surface area contributed by atoms with E-state index >= 15 is 0 Å². The first-order valence-corrected chi connectivity index (χ1v) is 11.8. The number of aromatic nitrogens is 2. The molecular formula is C22H32N4O2S. The summed E-state index contributed by atoms with van der Waals surface area (Å²) in [6.07, 6.45) is 9.67. The smallest absolute Gasteiger partial charge is 0.261 e. The lowest BCUT2D eigenvalue weighted by Crippen LogP contribution is -2.40. The van der Waals surface area contributed by atoms with Crippen molar-refractivity contribution in [1.82, 2.24) is 20.0 Å². The van der Waals surface area contributed by atoms with E-state index in [0.717, 1.165) is 46.5 Å². The molecule has 0 radical (unpaired) electrons. The van der Waals surface area contributed by atoms with Gasteiger partial charge in [0.2, 0.25) is 5.91 Å². The van der Waals surface area contributed by atoms with Crippen LogP contribution in [0.3, 0.4) is 0 Å². The molecule has 0 aromatic carbocycles. The molecule has 2 heterocycles. The van der Waals surface area contributed by atoms with Gasteiger partial charge in [-0.1, -0.05) is 19.3 Å². The van der Waals surface area contributed by atoms with Crippen molar-refractivity contribution in [3.8, 4) is 0 Å². The van der Waals surface area contributed by atoms with Crippen LogP contribution >= 0.6 is 11.3 Å². The zero-order valence-corrected chi connectivity index (χ0v) is 18.6. The van der Waals surface area contributed by atoms with Crippen LogP contribution < -0.4 is 5.32 Å². The third-order valence-electron chi connectivity index (χ3n) is 6.56. The number of rotatable bonds is 4. The quantitative estimate of drug-likeness (QED) is 0.808. The molecule has 0 saturated heterocycles. The molecule has 0 aliphatic heterocycles. The van der Waals surface area contributed by atoms with E-state index in [4.69, 9.17) is 5.10 Å². The predicted octanol–water partition coefficient (Wildman–Crippen LogP) is 4.29. The van der Waals surface area contributed by atoms with Crippen molar-refractivity contribution in [2.24, 2.45) is 5.92 Å². The molecule has 2 aliphatic rings. The van der Waals surface area contributed by atoms with Gasteiger partial charge in [-0.2, -0.15) is 5.10 Å². The van der Waals surface area contributed by atoms with Gasteiger partial charge in [-0.15, -0.1) is 11.3 Å². The molecule has 0 spiro atoms. The standard InChI is InChI=1S/C22H32N4O2S/c1-14-18-13-19(29-22(18)26(24-14)17-7-5-4-6-8-17)20(27)23-16-11-9-15(10-12-16)21(28)25(2)3/h13,15-17H,4-12H2,1-3H3,(H,23,27). The lowest BCUT2D eigenvalue weighted by Gasteiger charge is -2.29. The number of nitrogens with one attached hydrogen (secondary N) is 1. The van der Waals surface area contributed by atoms with Crippen molar-refractivity contribution in [3.63, 3.8) is 0 Å². The van der Waals surface area contributed by atoms with Crippen LogP contribution in [0.25, 0.3) is 10.2 Å². The van der Waals surface area contributed by atoms with Gasteiger partial charge in [0.15, 0.2) is 0 Å².